The number of carbonyl (C=O) groups is 4. The first kappa shape index (κ1) is 26.5. The van der Waals surface area contributed by atoms with Crippen molar-refractivity contribution in [3.63, 3.8) is 0 Å². The molecule has 1 aromatic rings. The van der Waals surface area contributed by atoms with Crippen molar-refractivity contribution in [3.8, 4) is 5.75 Å². The van der Waals surface area contributed by atoms with E-state index in [2.05, 4.69) is 0 Å². The van der Waals surface area contributed by atoms with E-state index >= 15 is 0 Å². The summed E-state index contributed by atoms with van der Waals surface area (Å²) in [6.45, 7) is 4.94. The molecule has 0 aliphatic heterocycles. The highest BCUT2D eigenvalue weighted by atomic mass is 16.4. The number of aliphatic hydroxyl groups excluding tert-OH is 3. The molecule has 4 rings (SSSR count). The van der Waals surface area contributed by atoms with E-state index in [1.54, 1.807) is 20.8 Å². The maximum Gasteiger partial charge on any atom is 0.255 e. The minimum absolute atomic E-state index is 0.184. The Bertz CT molecular complexity index is 1330. The molecule has 11 heteroatoms. The average Bonchev–Trinajstić information content (AvgIpc) is 2.80. The number of nitrogens with two attached hydrogens (primary N) is 1. The number of carbonyl (C=O) groups excluding carboxylic acids is 4. The lowest BCUT2D eigenvalue weighted by molar-refractivity contribution is -0.169. The third kappa shape index (κ3) is 3.30. The quantitative estimate of drug-likeness (QED) is 0.240. The molecule has 0 unspecified atom stereocenters. The number of ketones is 3. The van der Waals surface area contributed by atoms with Gasteiger partial charge in [-0.25, -0.2) is 0 Å². The number of aromatic hydroxyl groups is 1. The zero-order valence-electron chi connectivity index (χ0n) is 21.0. The number of hydrogen-bond acceptors (Lipinski definition) is 10. The predicted octanol–water partition coefficient (Wildman–Crippen LogP) is 0.335. The Morgan fingerprint density at radius 3 is 2.22 bits per heavy atom. The van der Waals surface area contributed by atoms with Gasteiger partial charge in [-0.15, -0.1) is 0 Å². The molecule has 3 aliphatic carbocycles. The molecule has 1 fully saturated rings. The summed E-state index contributed by atoms with van der Waals surface area (Å²) >= 11 is 0. The first-order valence-electron chi connectivity index (χ1n) is 11.8. The Hall–Kier alpha value is -3.54. The largest absolute Gasteiger partial charge is 0.508 e. The van der Waals surface area contributed by atoms with Crippen molar-refractivity contribution in [3.05, 3.63) is 45.7 Å². The third-order valence-corrected chi connectivity index (χ3v) is 7.90. The Balaban J connectivity index is 2.08. The Kier molecular flexibility index (Phi) is 6.10. The second kappa shape index (κ2) is 8.51. The van der Waals surface area contributed by atoms with E-state index < -0.39 is 87.3 Å². The van der Waals surface area contributed by atoms with E-state index in [0.29, 0.717) is 0 Å². The molecule has 37 heavy (non-hydrogen) atoms. The Morgan fingerprint density at radius 1 is 1.11 bits per heavy atom. The SMILES string of the molecule is CC(C)C(=O)c1ccc(O)c2c1[C@H](C)[C@@H]1C(=C2O)C(=O)[C@]2(O)C(O)=C(C(N)=O)C(=O)[C@@H](N(C)C)[C@@H]2[C@H]1O. The summed E-state index contributed by atoms with van der Waals surface area (Å²) in [5.74, 6) is -10.6. The fourth-order valence-electron chi connectivity index (χ4n) is 6.22. The standard InChI is InChI=1S/C26H30N2O9/c1-8(2)19(30)10-6-7-11(29)14-12(10)9(3)13-15(20(14)31)23(34)26(37)17(21(13)32)18(28(4)5)22(33)16(24(26)35)25(27)36/h6-9,13,17-18,21,29,31-32,35,37H,1-5H3,(H2,27,36)/t9-,13+,17+,18-,21-,26-/m0/s1. The van der Waals surface area contributed by atoms with Crippen LogP contribution >= 0.6 is 0 Å². The van der Waals surface area contributed by atoms with E-state index in [9.17, 15) is 44.7 Å². The molecule has 1 saturated carbocycles. The van der Waals surface area contributed by atoms with E-state index in [1.807, 2.05) is 0 Å². The van der Waals surface area contributed by atoms with E-state index in [1.165, 1.54) is 31.1 Å². The first-order chi connectivity index (χ1) is 17.1. The number of phenolic OH excluding ortho intramolecular Hbond substituents is 1. The molecule has 1 amide bonds. The fourth-order valence-corrected chi connectivity index (χ4v) is 6.22. The van der Waals surface area contributed by atoms with Gasteiger partial charge in [0.2, 0.25) is 5.78 Å². The summed E-state index contributed by atoms with van der Waals surface area (Å²) in [5.41, 5.74) is 1.03. The molecule has 198 valence electrons. The molecule has 0 bridgehead atoms. The van der Waals surface area contributed by atoms with Crippen molar-refractivity contribution in [2.24, 2.45) is 23.5 Å². The second-order valence-corrected chi connectivity index (χ2v) is 10.5. The van der Waals surface area contributed by atoms with Crippen molar-refractivity contribution in [1.29, 1.82) is 0 Å². The van der Waals surface area contributed by atoms with Gasteiger partial charge in [-0.3, -0.25) is 24.1 Å². The van der Waals surface area contributed by atoms with Gasteiger partial charge in [-0.2, -0.15) is 0 Å². The fraction of sp³-hybridized carbons (Fsp3) is 0.462. The van der Waals surface area contributed by atoms with Crippen LogP contribution in [-0.2, 0) is 14.4 Å². The van der Waals surface area contributed by atoms with Crippen LogP contribution in [0.15, 0.2) is 29.0 Å². The van der Waals surface area contributed by atoms with E-state index in [-0.39, 0.29) is 22.5 Å². The molecule has 6 atom stereocenters. The lowest BCUT2D eigenvalue weighted by atomic mass is 9.54. The molecule has 1 aromatic carbocycles. The van der Waals surface area contributed by atoms with Gasteiger partial charge >= 0.3 is 0 Å². The second-order valence-electron chi connectivity index (χ2n) is 10.5. The number of fused-ring (bicyclic) bond motifs is 3. The molecule has 0 saturated heterocycles. The van der Waals surface area contributed by atoms with Gasteiger partial charge in [-0.1, -0.05) is 20.8 Å². The highest BCUT2D eigenvalue weighted by Crippen LogP contribution is 2.56. The van der Waals surface area contributed by atoms with Crippen molar-refractivity contribution in [1.82, 2.24) is 4.90 Å². The number of nitrogens with zero attached hydrogens (tertiary/aromatic N) is 1. The number of amides is 1. The minimum atomic E-state index is -2.98. The molecule has 0 heterocycles. The van der Waals surface area contributed by atoms with Crippen molar-refractivity contribution in [2.75, 3.05) is 14.1 Å². The average molecular weight is 515 g/mol. The van der Waals surface area contributed by atoms with Gasteiger partial charge in [0.1, 0.15) is 22.8 Å². The number of rotatable bonds is 4. The zero-order chi connectivity index (χ0) is 27.9. The lowest BCUT2D eigenvalue weighted by Crippen LogP contribution is -2.70. The number of primary amides is 1. The maximum absolute atomic E-state index is 13.9. The van der Waals surface area contributed by atoms with Gasteiger partial charge in [0.15, 0.2) is 17.2 Å². The van der Waals surface area contributed by atoms with Crippen LogP contribution in [-0.4, -0.2) is 85.5 Å². The zero-order valence-corrected chi connectivity index (χ0v) is 21.0. The van der Waals surface area contributed by atoms with Gasteiger partial charge in [0, 0.05) is 23.0 Å². The van der Waals surface area contributed by atoms with Crippen LogP contribution in [0.5, 0.6) is 5.75 Å². The summed E-state index contributed by atoms with van der Waals surface area (Å²) in [4.78, 5) is 53.5. The summed E-state index contributed by atoms with van der Waals surface area (Å²) < 4.78 is 0. The van der Waals surface area contributed by atoms with Crippen molar-refractivity contribution in [2.45, 2.75) is 44.4 Å². The van der Waals surface area contributed by atoms with Crippen LogP contribution in [0, 0.1) is 17.8 Å². The van der Waals surface area contributed by atoms with Crippen molar-refractivity contribution >= 4 is 29.0 Å². The van der Waals surface area contributed by atoms with Gasteiger partial charge in [-0.05, 0) is 37.7 Å². The Morgan fingerprint density at radius 2 is 1.70 bits per heavy atom. The number of likely N-dealkylation sites (N-methyl/N-ethyl adjacent to an activating group) is 1. The molecule has 3 aliphatic rings. The highest BCUT2D eigenvalue weighted by Gasteiger charge is 2.68. The van der Waals surface area contributed by atoms with Crippen LogP contribution in [0.4, 0.5) is 0 Å². The summed E-state index contributed by atoms with van der Waals surface area (Å²) in [6, 6.07) is 1.16. The normalized spacial score (nSPS) is 31.4. The van der Waals surface area contributed by atoms with Gasteiger partial charge in [0.05, 0.1) is 23.6 Å². The predicted molar refractivity (Wildman–Crippen MR) is 130 cm³/mol. The van der Waals surface area contributed by atoms with Crippen LogP contribution in [0.3, 0.4) is 0 Å². The van der Waals surface area contributed by atoms with Crippen LogP contribution in [0.25, 0.3) is 5.76 Å². The number of hydrogen-bond donors (Lipinski definition) is 6. The smallest absolute Gasteiger partial charge is 0.255 e. The molecule has 0 spiro atoms. The van der Waals surface area contributed by atoms with Gasteiger partial charge < -0.3 is 31.3 Å². The Labute approximate surface area is 212 Å². The minimum Gasteiger partial charge on any atom is -0.508 e. The van der Waals surface area contributed by atoms with Crippen LogP contribution in [0.1, 0.15) is 48.2 Å². The monoisotopic (exact) mass is 514 g/mol. The van der Waals surface area contributed by atoms with Crippen LogP contribution in [0.2, 0.25) is 0 Å². The third-order valence-electron chi connectivity index (χ3n) is 7.90. The lowest BCUT2D eigenvalue weighted by Gasteiger charge is -2.53. The molecular formula is C26H30N2O9. The molecule has 7 N–H and O–H groups in total. The van der Waals surface area contributed by atoms with Crippen LogP contribution < -0.4 is 5.73 Å². The summed E-state index contributed by atoms with van der Waals surface area (Å²) in [7, 11) is 2.86. The first-order valence-corrected chi connectivity index (χ1v) is 11.8. The number of benzene rings is 1. The summed E-state index contributed by atoms with van der Waals surface area (Å²) in [6.07, 6.45) is -1.72. The topological polar surface area (TPSA) is 199 Å². The highest BCUT2D eigenvalue weighted by molar-refractivity contribution is 6.24. The van der Waals surface area contributed by atoms with E-state index in [0.717, 1.165) is 0 Å². The van der Waals surface area contributed by atoms with Gasteiger partial charge in [0.25, 0.3) is 5.91 Å². The number of aliphatic hydroxyl groups is 4. The maximum atomic E-state index is 13.9. The molecule has 0 radical (unpaired) electrons. The van der Waals surface area contributed by atoms with Crippen molar-refractivity contribution < 1.29 is 44.7 Å². The summed E-state index contributed by atoms with van der Waals surface area (Å²) in [5, 5.41) is 56.1. The molecule has 0 aromatic heterocycles. The number of Topliss-reactive ketones (excluding diaryl/α,β-unsaturated/α-hetero) is 3. The number of phenols is 1. The molecular weight excluding hydrogens is 484 g/mol. The van der Waals surface area contributed by atoms with E-state index in [4.69, 9.17) is 5.73 Å². The molecule has 11 nitrogen and oxygen atoms in total.